The van der Waals surface area contributed by atoms with Crippen molar-refractivity contribution in [3.8, 4) is 23.3 Å². The molecule has 0 aliphatic heterocycles. The van der Waals surface area contributed by atoms with Crippen molar-refractivity contribution in [2.24, 2.45) is 0 Å². The van der Waals surface area contributed by atoms with Gasteiger partial charge in [-0.1, -0.05) is 85.8 Å². The maximum Gasteiger partial charge on any atom is 1.00 e. The van der Waals surface area contributed by atoms with E-state index in [9.17, 15) is 13.2 Å². The van der Waals surface area contributed by atoms with Crippen LogP contribution in [0, 0.1) is 36.2 Å². The topological polar surface area (TPSA) is 169 Å². The van der Waals surface area contributed by atoms with Crippen LogP contribution in [0.5, 0.6) is 0 Å². The van der Waals surface area contributed by atoms with Crippen LogP contribution in [0.3, 0.4) is 0 Å². The minimum atomic E-state index is -3.38. The molecule has 0 amide bonds. The van der Waals surface area contributed by atoms with Crippen LogP contribution in [0.4, 0.5) is 0 Å². The van der Waals surface area contributed by atoms with E-state index in [1.54, 1.807) is 48.7 Å². The standard InChI is InChI=1S/C11H8N2.C10H7NO2.C9H9NO2S.CH4.K.H2O/c12-6-10-7-13-8-11(10)9-4-2-1-3-5-9;11-7-9(10(12)13)6-8-4-2-1-3-5-8;1-8-3-5-9(6-4-8)13(11,12)7-10-2;;;/h1-5,7-8,13H;1-6H,(H,12,13);3-6H,7H2,1H3;1H4;;1H2/q;;;;+1;/p-1/b;9-6+;;;;. The summed E-state index contributed by atoms with van der Waals surface area (Å²) < 4.78 is 22.7. The second kappa shape index (κ2) is 21.0. The fraction of sp³-hybridized carbons (Fsp3) is 0.0968. The van der Waals surface area contributed by atoms with Gasteiger partial charge in [-0.25, -0.2) is 19.8 Å². The molecule has 4 aromatic rings. The van der Waals surface area contributed by atoms with E-state index in [4.69, 9.17) is 22.2 Å². The van der Waals surface area contributed by atoms with Crippen LogP contribution in [0.25, 0.3) is 22.0 Å². The summed E-state index contributed by atoms with van der Waals surface area (Å²) in [4.78, 5) is 16.5. The van der Waals surface area contributed by atoms with Gasteiger partial charge in [-0.05, 0) is 36.3 Å². The van der Waals surface area contributed by atoms with E-state index in [0.717, 1.165) is 16.7 Å². The molecule has 11 heteroatoms. The van der Waals surface area contributed by atoms with E-state index in [1.165, 1.54) is 18.2 Å². The van der Waals surface area contributed by atoms with Gasteiger partial charge in [-0.2, -0.15) is 10.5 Å². The van der Waals surface area contributed by atoms with Crippen molar-refractivity contribution in [2.45, 2.75) is 19.2 Å². The number of sulfone groups is 1. The van der Waals surface area contributed by atoms with Gasteiger partial charge < -0.3 is 15.6 Å². The minimum Gasteiger partial charge on any atom is -0.870 e. The zero-order chi connectivity index (χ0) is 28.7. The third-order valence-electron chi connectivity index (χ3n) is 5.03. The first kappa shape index (κ1) is 40.3. The molecule has 0 fully saturated rings. The Balaban J connectivity index is 0. The Morgan fingerprint density at radius 1 is 0.976 bits per heavy atom. The maximum absolute atomic E-state index is 11.3. The summed E-state index contributed by atoms with van der Waals surface area (Å²) in [7, 11) is -3.38. The van der Waals surface area contributed by atoms with Crippen molar-refractivity contribution in [3.05, 3.63) is 131 Å². The molecule has 9 nitrogen and oxygen atoms in total. The third kappa shape index (κ3) is 13.2. The van der Waals surface area contributed by atoms with Gasteiger partial charge in [0.25, 0.3) is 9.84 Å². The molecule has 0 bridgehead atoms. The molecule has 0 aliphatic carbocycles. The summed E-state index contributed by atoms with van der Waals surface area (Å²) in [5, 5.41) is 25.8. The van der Waals surface area contributed by atoms with Gasteiger partial charge in [0.1, 0.15) is 17.7 Å². The van der Waals surface area contributed by atoms with E-state index >= 15 is 0 Å². The normalized spacial score (nSPS) is 9.52. The van der Waals surface area contributed by atoms with Gasteiger partial charge in [0.15, 0.2) is 0 Å². The average Bonchev–Trinajstić information content (AvgIpc) is 3.43. The quantitative estimate of drug-likeness (QED) is 0.151. The summed E-state index contributed by atoms with van der Waals surface area (Å²) in [6.45, 7) is 8.38. The summed E-state index contributed by atoms with van der Waals surface area (Å²) in [6, 6.07) is 29.0. The van der Waals surface area contributed by atoms with Gasteiger partial charge in [-0.3, -0.25) is 4.85 Å². The molecular weight excluding hydrogens is 580 g/mol. The van der Waals surface area contributed by atoms with Crippen molar-refractivity contribution in [3.63, 3.8) is 0 Å². The van der Waals surface area contributed by atoms with Crippen molar-refractivity contribution < 1.29 is 75.2 Å². The molecule has 1 aromatic heterocycles. The number of carboxylic acids is 1. The van der Waals surface area contributed by atoms with Crippen LogP contribution in [-0.2, 0) is 14.6 Å². The van der Waals surface area contributed by atoms with Crippen molar-refractivity contribution in [2.75, 3.05) is 5.88 Å². The minimum absolute atomic E-state index is 0. The molecule has 0 unspecified atom stereocenters. The van der Waals surface area contributed by atoms with E-state index in [1.807, 2.05) is 49.5 Å². The van der Waals surface area contributed by atoms with Gasteiger partial charge in [0, 0.05) is 18.0 Å². The Morgan fingerprint density at radius 3 is 2.00 bits per heavy atom. The zero-order valence-corrected chi connectivity index (χ0v) is 26.3. The predicted octanol–water partition coefficient (Wildman–Crippen LogP) is 3.34. The number of carbonyl (C=O) groups is 1. The van der Waals surface area contributed by atoms with Gasteiger partial charge >= 0.3 is 63.2 Å². The van der Waals surface area contributed by atoms with E-state index < -0.39 is 21.7 Å². The number of hydrogen-bond acceptors (Lipinski definition) is 6. The molecule has 42 heavy (non-hydrogen) atoms. The molecule has 210 valence electrons. The number of nitrogens with one attached hydrogen (secondary N) is 1. The number of hydrogen-bond donors (Lipinski definition) is 2. The average molecular weight is 609 g/mol. The summed E-state index contributed by atoms with van der Waals surface area (Å²) in [5.41, 5.74) is 4.17. The number of aryl methyl sites for hydroxylation is 1. The maximum atomic E-state index is 11.3. The number of nitrogens with zero attached hydrogens (tertiary/aromatic N) is 3. The third-order valence-corrected chi connectivity index (χ3v) is 6.49. The van der Waals surface area contributed by atoms with Crippen LogP contribution in [0.1, 0.15) is 24.1 Å². The second-order valence-electron chi connectivity index (χ2n) is 7.86. The molecule has 1 heterocycles. The van der Waals surface area contributed by atoms with E-state index in [0.29, 0.717) is 11.1 Å². The molecular formula is C31H29KN4O5S. The number of nitriles is 2. The fourth-order valence-electron chi connectivity index (χ4n) is 3.08. The van der Waals surface area contributed by atoms with Crippen molar-refractivity contribution in [1.82, 2.24) is 4.98 Å². The summed E-state index contributed by atoms with van der Waals surface area (Å²) in [6.07, 6.45) is 4.89. The van der Waals surface area contributed by atoms with E-state index in [2.05, 4.69) is 15.9 Å². The largest absolute Gasteiger partial charge is 1.00 e. The Labute approximate surface area is 289 Å². The first-order valence-corrected chi connectivity index (χ1v) is 13.0. The molecule has 0 atom stereocenters. The van der Waals surface area contributed by atoms with Crippen LogP contribution in [0.15, 0.2) is 108 Å². The van der Waals surface area contributed by atoms with Crippen LogP contribution in [-0.4, -0.2) is 35.8 Å². The molecule has 0 saturated carbocycles. The second-order valence-corrected chi connectivity index (χ2v) is 9.82. The number of H-pyrrole nitrogens is 1. The Morgan fingerprint density at radius 2 is 1.52 bits per heavy atom. The number of rotatable bonds is 5. The SMILES string of the molecule is C.N#C/C(=C\c1ccccc1)C(=O)O.N#Cc1c[nH]cc1-c1ccccc1.[C-]#[N+]CS(=O)(=O)c1ccc(C)cc1.[K+].[OH-]. The number of carboxylic acid groups (broad SMARTS) is 1. The van der Waals surface area contributed by atoms with Crippen LogP contribution < -0.4 is 51.4 Å². The Hall–Kier alpha value is -3.83. The summed E-state index contributed by atoms with van der Waals surface area (Å²) >= 11 is 0. The first-order chi connectivity index (χ1) is 18.7. The first-order valence-electron chi connectivity index (χ1n) is 11.4. The van der Waals surface area contributed by atoms with Gasteiger partial charge in [0.2, 0.25) is 0 Å². The van der Waals surface area contributed by atoms with Crippen LogP contribution in [0.2, 0.25) is 0 Å². The van der Waals surface area contributed by atoms with Crippen molar-refractivity contribution in [1.29, 1.82) is 10.5 Å². The fourth-order valence-corrected chi connectivity index (χ4v) is 3.95. The van der Waals surface area contributed by atoms with Crippen LogP contribution >= 0.6 is 0 Å². The smallest absolute Gasteiger partial charge is 0.870 e. The Bertz CT molecular complexity index is 1650. The summed E-state index contributed by atoms with van der Waals surface area (Å²) in [5.74, 6) is -1.68. The molecule has 3 aromatic carbocycles. The molecule has 0 aliphatic rings. The number of aromatic nitrogens is 1. The predicted molar refractivity (Wildman–Crippen MR) is 157 cm³/mol. The zero-order valence-electron chi connectivity index (χ0n) is 22.4. The van der Waals surface area contributed by atoms with E-state index in [-0.39, 0.29) is 74.8 Å². The van der Waals surface area contributed by atoms with Crippen molar-refractivity contribution >= 4 is 21.9 Å². The Kier molecular flexibility index (Phi) is 20.1. The molecule has 3 N–H and O–H groups in total. The number of aromatic amines is 1. The number of benzene rings is 3. The molecule has 0 saturated heterocycles. The molecule has 0 spiro atoms. The molecule has 4 rings (SSSR count). The monoisotopic (exact) mass is 608 g/mol. The van der Waals surface area contributed by atoms with Gasteiger partial charge in [-0.15, -0.1) is 0 Å². The van der Waals surface area contributed by atoms with Gasteiger partial charge in [0.05, 0.1) is 10.5 Å². The molecule has 0 radical (unpaired) electrons. The number of aliphatic carboxylic acids is 1.